The third-order valence-electron chi connectivity index (χ3n) is 3.11. The number of carbonyl (C=O) groups is 1. The van der Waals surface area contributed by atoms with Crippen molar-refractivity contribution in [2.45, 2.75) is 6.61 Å². The summed E-state index contributed by atoms with van der Waals surface area (Å²) in [4.78, 5) is 16.8. The molecule has 0 aliphatic rings. The Morgan fingerprint density at radius 1 is 1.17 bits per heavy atom. The predicted molar refractivity (Wildman–Crippen MR) is 92.5 cm³/mol. The standard InChI is InChI=1S/C17H17BrN2O3/c1-19-17(21)16(20-22-2)15-6-4-3-5-12(15)11-23-14-9-7-13(18)8-10-14/h3-10H,11H2,1-2H3,(H,19,21)/b20-16+. The van der Waals surface area contributed by atoms with Gasteiger partial charge in [0.05, 0.1) is 0 Å². The first-order chi connectivity index (χ1) is 11.2. The molecule has 120 valence electrons. The van der Waals surface area contributed by atoms with Crippen molar-refractivity contribution in [2.24, 2.45) is 5.16 Å². The Morgan fingerprint density at radius 3 is 2.52 bits per heavy atom. The number of carbonyl (C=O) groups excluding carboxylic acids is 1. The van der Waals surface area contributed by atoms with E-state index in [0.717, 1.165) is 15.8 Å². The van der Waals surface area contributed by atoms with Gasteiger partial charge in [0.25, 0.3) is 5.91 Å². The van der Waals surface area contributed by atoms with Gasteiger partial charge in [-0.2, -0.15) is 0 Å². The van der Waals surface area contributed by atoms with Crippen LogP contribution in [0.25, 0.3) is 0 Å². The summed E-state index contributed by atoms with van der Waals surface area (Å²) in [6.45, 7) is 0.317. The van der Waals surface area contributed by atoms with E-state index in [1.807, 2.05) is 48.5 Å². The Labute approximate surface area is 143 Å². The van der Waals surface area contributed by atoms with Crippen LogP contribution in [0.15, 0.2) is 58.2 Å². The van der Waals surface area contributed by atoms with E-state index in [1.54, 1.807) is 7.05 Å². The second-order valence-corrected chi connectivity index (χ2v) is 5.52. The van der Waals surface area contributed by atoms with E-state index in [-0.39, 0.29) is 11.6 Å². The number of ether oxygens (including phenoxy) is 1. The fourth-order valence-corrected chi connectivity index (χ4v) is 2.26. The van der Waals surface area contributed by atoms with E-state index in [2.05, 4.69) is 26.4 Å². The maximum Gasteiger partial charge on any atom is 0.273 e. The number of oxime groups is 1. The smallest absolute Gasteiger partial charge is 0.273 e. The van der Waals surface area contributed by atoms with Crippen molar-refractivity contribution in [2.75, 3.05) is 14.2 Å². The monoisotopic (exact) mass is 376 g/mol. The lowest BCUT2D eigenvalue weighted by atomic mass is 10.0. The van der Waals surface area contributed by atoms with E-state index in [0.29, 0.717) is 12.2 Å². The number of benzene rings is 2. The highest BCUT2D eigenvalue weighted by Crippen LogP contribution is 2.19. The van der Waals surface area contributed by atoms with Gasteiger partial charge in [0.1, 0.15) is 19.5 Å². The van der Waals surface area contributed by atoms with Gasteiger partial charge in [-0.25, -0.2) is 0 Å². The molecule has 0 saturated heterocycles. The minimum absolute atomic E-state index is 0.213. The number of hydrogen-bond acceptors (Lipinski definition) is 4. The molecule has 0 fully saturated rings. The summed E-state index contributed by atoms with van der Waals surface area (Å²) in [7, 11) is 2.96. The maximum atomic E-state index is 12.0. The molecule has 2 aromatic carbocycles. The van der Waals surface area contributed by atoms with Crippen LogP contribution in [0, 0.1) is 0 Å². The molecule has 23 heavy (non-hydrogen) atoms. The fraction of sp³-hybridized carbons (Fsp3) is 0.176. The molecule has 0 radical (unpaired) electrons. The normalized spacial score (nSPS) is 11.0. The highest BCUT2D eigenvalue weighted by atomic mass is 79.9. The Hall–Kier alpha value is -2.34. The minimum atomic E-state index is -0.317. The summed E-state index contributed by atoms with van der Waals surface area (Å²) in [6.07, 6.45) is 0. The first-order valence-corrected chi connectivity index (χ1v) is 7.75. The number of halogens is 1. The van der Waals surface area contributed by atoms with Crippen LogP contribution in [0.5, 0.6) is 5.75 Å². The van der Waals surface area contributed by atoms with Crippen molar-refractivity contribution in [1.29, 1.82) is 0 Å². The van der Waals surface area contributed by atoms with Gasteiger partial charge in [0, 0.05) is 17.1 Å². The summed E-state index contributed by atoms with van der Waals surface area (Å²) < 4.78 is 6.77. The van der Waals surface area contributed by atoms with Crippen LogP contribution in [0.3, 0.4) is 0 Å². The highest BCUT2D eigenvalue weighted by Gasteiger charge is 2.17. The summed E-state index contributed by atoms with van der Waals surface area (Å²) in [6, 6.07) is 15.0. The first kappa shape index (κ1) is 17.0. The van der Waals surface area contributed by atoms with Gasteiger partial charge in [-0.05, 0) is 29.8 Å². The molecule has 0 saturated carbocycles. The van der Waals surface area contributed by atoms with Gasteiger partial charge < -0.3 is 14.9 Å². The van der Waals surface area contributed by atoms with E-state index in [4.69, 9.17) is 9.57 Å². The third kappa shape index (κ3) is 4.56. The molecule has 0 atom stereocenters. The number of amides is 1. The van der Waals surface area contributed by atoms with Gasteiger partial charge >= 0.3 is 0 Å². The molecule has 0 aliphatic heterocycles. The van der Waals surface area contributed by atoms with Crippen molar-refractivity contribution < 1.29 is 14.4 Å². The maximum absolute atomic E-state index is 12.0. The lowest BCUT2D eigenvalue weighted by molar-refractivity contribution is -0.114. The lowest BCUT2D eigenvalue weighted by Gasteiger charge is -2.12. The zero-order valence-electron chi connectivity index (χ0n) is 12.9. The van der Waals surface area contributed by atoms with E-state index < -0.39 is 0 Å². The molecule has 0 spiro atoms. The van der Waals surface area contributed by atoms with E-state index >= 15 is 0 Å². The number of nitrogens with one attached hydrogen (secondary N) is 1. The van der Waals surface area contributed by atoms with Crippen LogP contribution in [0.4, 0.5) is 0 Å². The molecule has 1 N–H and O–H groups in total. The predicted octanol–water partition coefficient (Wildman–Crippen LogP) is 3.12. The number of nitrogens with zero attached hydrogens (tertiary/aromatic N) is 1. The average Bonchev–Trinajstić information content (AvgIpc) is 2.59. The van der Waals surface area contributed by atoms with Crippen LogP contribution in [-0.2, 0) is 16.2 Å². The molecule has 0 unspecified atom stereocenters. The molecule has 0 aromatic heterocycles. The Balaban J connectivity index is 2.24. The van der Waals surface area contributed by atoms with Crippen molar-refractivity contribution in [3.63, 3.8) is 0 Å². The first-order valence-electron chi connectivity index (χ1n) is 6.95. The minimum Gasteiger partial charge on any atom is -0.489 e. The van der Waals surface area contributed by atoms with Crippen molar-refractivity contribution in [3.8, 4) is 5.75 Å². The summed E-state index contributed by atoms with van der Waals surface area (Å²) >= 11 is 3.38. The molecule has 5 nitrogen and oxygen atoms in total. The van der Waals surface area contributed by atoms with Crippen LogP contribution in [0.2, 0.25) is 0 Å². The fourth-order valence-electron chi connectivity index (χ4n) is 1.99. The SMILES string of the molecule is CNC(=O)/C(=N/OC)c1ccccc1COc1ccc(Br)cc1. The molecule has 6 heteroatoms. The Morgan fingerprint density at radius 2 is 1.87 bits per heavy atom. The van der Waals surface area contributed by atoms with Gasteiger partial charge in [0.15, 0.2) is 5.71 Å². The molecule has 1 amide bonds. The third-order valence-corrected chi connectivity index (χ3v) is 3.63. The molecular weight excluding hydrogens is 360 g/mol. The quantitative estimate of drug-likeness (QED) is 0.622. The van der Waals surface area contributed by atoms with Gasteiger partial charge in [-0.15, -0.1) is 0 Å². The second kappa shape index (κ2) is 8.33. The van der Waals surface area contributed by atoms with Gasteiger partial charge in [0.2, 0.25) is 0 Å². The summed E-state index contributed by atoms with van der Waals surface area (Å²) in [5.41, 5.74) is 1.73. The second-order valence-electron chi connectivity index (χ2n) is 4.60. The van der Waals surface area contributed by atoms with Crippen LogP contribution >= 0.6 is 15.9 Å². The lowest BCUT2D eigenvalue weighted by Crippen LogP contribution is -2.29. The number of rotatable bonds is 6. The average molecular weight is 377 g/mol. The van der Waals surface area contributed by atoms with Crippen LogP contribution in [-0.4, -0.2) is 25.8 Å². The van der Waals surface area contributed by atoms with Gasteiger partial charge in [-0.1, -0.05) is 45.4 Å². The Kier molecular flexibility index (Phi) is 6.17. The number of likely N-dealkylation sites (N-methyl/N-ethyl adjacent to an activating group) is 1. The molecular formula is C17H17BrN2O3. The molecule has 0 heterocycles. The van der Waals surface area contributed by atoms with Crippen molar-refractivity contribution in [1.82, 2.24) is 5.32 Å². The molecule has 2 aromatic rings. The van der Waals surface area contributed by atoms with Gasteiger partial charge in [-0.3, -0.25) is 4.79 Å². The molecule has 0 bridgehead atoms. The van der Waals surface area contributed by atoms with Crippen LogP contribution in [0.1, 0.15) is 11.1 Å². The van der Waals surface area contributed by atoms with Crippen LogP contribution < -0.4 is 10.1 Å². The topological polar surface area (TPSA) is 59.9 Å². The largest absolute Gasteiger partial charge is 0.489 e. The van der Waals surface area contributed by atoms with Crippen molar-refractivity contribution in [3.05, 3.63) is 64.1 Å². The molecule has 0 aliphatic carbocycles. The van der Waals surface area contributed by atoms with E-state index in [1.165, 1.54) is 7.11 Å². The zero-order valence-corrected chi connectivity index (χ0v) is 14.5. The highest BCUT2D eigenvalue weighted by molar-refractivity contribution is 9.10. The van der Waals surface area contributed by atoms with Crippen molar-refractivity contribution >= 4 is 27.5 Å². The number of hydrogen-bond donors (Lipinski definition) is 1. The summed E-state index contributed by atoms with van der Waals surface area (Å²) in [5, 5.41) is 6.40. The Bertz CT molecular complexity index is 699. The van der Waals surface area contributed by atoms with E-state index in [9.17, 15) is 4.79 Å². The summed E-state index contributed by atoms with van der Waals surface area (Å²) in [5.74, 6) is 0.427. The molecule has 2 rings (SSSR count). The zero-order chi connectivity index (χ0) is 16.7.